The number of ether oxygens (including phenoxy) is 1. The second-order valence-corrected chi connectivity index (χ2v) is 5.89. The molecule has 1 N–H and O–H groups in total. The van der Waals surface area contributed by atoms with Gasteiger partial charge in [0.2, 0.25) is 0 Å². The standard InChI is InChI=1S/C18H27NO2/c1-5-10-21-14-18(20)13-19(11-15(2)3)12-17-9-7-6-8-16(17)4/h1,6-9,15,18,20H,10-14H2,2-4H3/t18-/m1/s1. The molecule has 0 bridgehead atoms. The molecule has 0 amide bonds. The molecule has 0 aliphatic carbocycles. The summed E-state index contributed by atoms with van der Waals surface area (Å²) >= 11 is 0. The number of hydrogen-bond donors (Lipinski definition) is 1. The van der Waals surface area contributed by atoms with Gasteiger partial charge in [-0.15, -0.1) is 6.42 Å². The molecule has 0 aliphatic heterocycles. The van der Waals surface area contributed by atoms with Crippen molar-refractivity contribution in [3.63, 3.8) is 0 Å². The van der Waals surface area contributed by atoms with E-state index in [9.17, 15) is 5.11 Å². The molecule has 21 heavy (non-hydrogen) atoms. The van der Waals surface area contributed by atoms with Gasteiger partial charge in [0.05, 0.1) is 12.7 Å². The maximum Gasteiger partial charge on any atom is 0.107 e. The summed E-state index contributed by atoms with van der Waals surface area (Å²) < 4.78 is 5.21. The zero-order chi connectivity index (χ0) is 15.7. The lowest BCUT2D eigenvalue weighted by Crippen LogP contribution is -2.37. The monoisotopic (exact) mass is 289 g/mol. The van der Waals surface area contributed by atoms with Crippen LogP contribution in [0.4, 0.5) is 0 Å². The van der Waals surface area contributed by atoms with Crippen molar-refractivity contribution in [2.45, 2.75) is 33.4 Å². The van der Waals surface area contributed by atoms with Crippen LogP contribution in [0.5, 0.6) is 0 Å². The molecular weight excluding hydrogens is 262 g/mol. The molecule has 0 saturated heterocycles. The van der Waals surface area contributed by atoms with Crippen LogP contribution in [0.15, 0.2) is 24.3 Å². The molecule has 1 atom stereocenters. The Morgan fingerprint density at radius 1 is 1.29 bits per heavy atom. The number of benzene rings is 1. The van der Waals surface area contributed by atoms with Gasteiger partial charge in [-0.1, -0.05) is 44.0 Å². The minimum Gasteiger partial charge on any atom is -0.389 e. The summed E-state index contributed by atoms with van der Waals surface area (Å²) in [5, 5.41) is 10.1. The molecule has 1 aromatic rings. The predicted molar refractivity (Wildman–Crippen MR) is 87.0 cm³/mol. The summed E-state index contributed by atoms with van der Waals surface area (Å²) in [7, 11) is 0. The molecule has 1 rings (SSSR count). The van der Waals surface area contributed by atoms with Crippen molar-refractivity contribution in [1.82, 2.24) is 4.90 Å². The van der Waals surface area contributed by atoms with Gasteiger partial charge in [0.15, 0.2) is 0 Å². The molecule has 3 nitrogen and oxygen atoms in total. The van der Waals surface area contributed by atoms with E-state index in [2.05, 4.69) is 49.8 Å². The SMILES string of the molecule is C#CCOC[C@H](O)CN(Cc1ccccc1C)CC(C)C. The first-order valence-corrected chi connectivity index (χ1v) is 7.49. The summed E-state index contributed by atoms with van der Waals surface area (Å²) in [5.41, 5.74) is 2.58. The van der Waals surface area contributed by atoms with Crippen molar-refractivity contribution < 1.29 is 9.84 Å². The van der Waals surface area contributed by atoms with Gasteiger partial charge < -0.3 is 9.84 Å². The van der Waals surface area contributed by atoms with Gasteiger partial charge in [-0.2, -0.15) is 0 Å². The maximum atomic E-state index is 10.1. The third-order valence-corrected chi connectivity index (χ3v) is 3.24. The Kier molecular flexibility index (Phi) is 8.07. The van der Waals surface area contributed by atoms with Crippen LogP contribution in [0.1, 0.15) is 25.0 Å². The molecule has 3 heteroatoms. The van der Waals surface area contributed by atoms with Crippen LogP contribution < -0.4 is 0 Å². The Bertz CT molecular complexity index is 451. The third kappa shape index (κ3) is 7.29. The largest absolute Gasteiger partial charge is 0.389 e. The van der Waals surface area contributed by atoms with Crippen LogP contribution in [0.25, 0.3) is 0 Å². The molecular formula is C18H27NO2. The molecule has 0 spiro atoms. The highest BCUT2D eigenvalue weighted by Gasteiger charge is 2.14. The Hall–Kier alpha value is -1.34. The second kappa shape index (κ2) is 9.57. The van der Waals surface area contributed by atoms with Crippen molar-refractivity contribution in [2.24, 2.45) is 5.92 Å². The summed E-state index contributed by atoms with van der Waals surface area (Å²) in [6.07, 6.45) is 4.62. The molecule has 0 saturated carbocycles. The highest BCUT2D eigenvalue weighted by molar-refractivity contribution is 5.25. The van der Waals surface area contributed by atoms with Gasteiger partial charge in [0.25, 0.3) is 0 Å². The van der Waals surface area contributed by atoms with E-state index in [0.717, 1.165) is 13.1 Å². The van der Waals surface area contributed by atoms with Gasteiger partial charge in [-0.3, -0.25) is 4.90 Å². The Morgan fingerprint density at radius 2 is 2.00 bits per heavy atom. The fourth-order valence-electron chi connectivity index (χ4n) is 2.35. The molecule has 0 aromatic heterocycles. The van der Waals surface area contributed by atoms with Crippen LogP contribution in [-0.4, -0.2) is 42.4 Å². The van der Waals surface area contributed by atoms with Crippen molar-refractivity contribution in [3.8, 4) is 12.3 Å². The van der Waals surface area contributed by atoms with Crippen LogP contribution in [-0.2, 0) is 11.3 Å². The zero-order valence-electron chi connectivity index (χ0n) is 13.4. The van der Waals surface area contributed by atoms with Crippen molar-refractivity contribution >= 4 is 0 Å². The molecule has 0 heterocycles. The number of aryl methyl sites for hydroxylation is 1. The summed E-state index contributed by atoms with van der Waals surface area (Å²) in [5.74, 6) is 2.96. The van der Waals surface area contributed by atoms with E-state index < -0.39 is 6.10 Å². The smallest absolute Gasteiger partial charge is 0.107 e. The number of rotatable bonds is 9. The average molecular weight is 289 g/mol. The van der Waals surface area contributed by atoms with Crippen LogP contribution in [0.3, 0.4) is 0 Å². The van der Waals surface area contributed by atoms with E-state index in [-0.39, 0.29) is 13.2 Å². The van der Waals surface area contributed by atoms with Gasteiger partial charge in [0.1, 0.15) is 6.61 Å². The molecule has 116 valence electrons. The number of nitrogens with zero attached hydrogens (tertiary/aromatic N) is 1. The first kappa shape index (κ1) is 17.7. The molecule has 0 radical (unpaired) electrons. The summed E-state index contributed by atoms with van der Waals surface area (Å²) in [6, 6.07) is 8.37. The fourth-order valence-corrected chi connectivity index (χ4v) is 2.35. The van der Waals surface area contributed by atoms with Gasteiger partial charge in [-0.05, 0) is 24.0 Å². The Labute approximate surface area is 128 Å². The predicted octanol–water partition coefficient (Wildman–Crippen LogP) is 2.46. The van der Waals surface area contributed by atoms with E-state index >= 15 is 0 Å². The van der Waals surface area contributed by atoms with Crippen LogP contribution in [0, 0.1) is 25.2 Å². The normalized spacial score (nSPS) is 12.6. The van der Waals surface area contributed by atoms with Gasteiger partial charge >= 0.3 is 0 Å². The van der Waals surface area contributed by atoms with Crippen molar-refractivity contribution in [1.29, 1.82) is 0 Å². The number of aliphatic hydroxyl groups is 1. The van der Waals surface area contributed by atoms with Crippen molar-refractivity contribution in [3.05, 3.63) is 35.4 Å². The second-order valence-electron chi connectivity index (χ2n) is 5.89. The number of hydrogen-bond acceptors (Lipinski definition) is 3. The van der Waals surface area contributed by atoms with Crippen LogP contribution in [0.2, 0.25) is 0 Å². The Balaban J connectivity index is 2.59. The summed E-state index contributed by atoms with van der Waals surface area (Å²) in [6.45, 7) is 9.41. The molecule has 0 unspecified atom stereocenters. The first-order valence-electron chi connectivity index (χ1n) is 7.49. The van der Waals surface area contributed by atoms with Gasteiger partial charge in [-0.25, -0.2) is 0 Å². The quantitative estimate of drug-likeness (QED) is 0.560. The average Bonchev–Trinajstić information content (AvgIpc) is 2.41. The van der Waals surface area contributed by atoms with E-state index in [4.69, 9.17) is 11.2 Å². The summed E-state index contributed by atoms with van der Waals surface area (Å²) in [4.78, 5) is 2.27. The highest BCUT2D eigenvalue weighted by atomic mass is 16.5. The Morgan fingerprint density at radius 3 is 2.62 bits per heavy atom. The maximum absolute atomic E-state index is 10.1. The number of aliphatic hydroxyl groups excluding tert-OH is 1. The van der Waals surface area contributed by atoms with E-state index in [1.165, 1.54) is 11.1 Å². The number of terminal acetylenes is 1. The minimum absolute atomic E-state index is 0.249. The van der Waals surface area contributed by atoms with E-state index in [1.807, 2.05) is 6.07 Å². The minimum atomic E-state index is -0.513. The van der Waals surface area contributed by atoms with Crippen molar-refractivity contribution in [2.75, 3.05) is 26.3 Å². The van der Waals surface area contributed by atoms with Crippen LogP contribution >= 0.6 is 0 Å². The topological polar surface area (TPSA) is 32.7 Å². The molecule has 0 aliphatic rings. The van der Waals surface area contributed by atoms with Gasteiger partial charge in [0, 0.05) is 19.6 Å². The lowest BCUT2D eigenvalue weighted by Gasteiger charge is -2.27. The highest BCUT2D eigenvalue weighted by Crippen LogP contribution is 2.12. The first-order chi connectivity index (χ1) is 10.0. The lowest BCUT2D eigenvalue weighted by atomic mass is 10.1. The van der Waals surface area contributed by atoms with E-state index in [0.29, 0.717) is 12.5 Å². The fraction of sp³-hybridized carbons (Fsp3) is 0.556. The molecule has 0 fully saturated rings. The zero-order valence-corrected chi connectivity index (χ0v) is 13.4. The lowest BCUT2D eigenvalue weighted by molar-refractivity contribution is 0.0237. The molecule has 1 aromatic carbocycles. The third-order valence-electron chi connectivity index (χ3n) is 3.24. The van der Waals surface area contributed by atoms with E-state index in [1.54, 1.807) is 0 Å².